The second-order valence-electron chi connectivity index (χ2n) is 7.25. The molecule has 0 N–H and O–H groups in total. The fourth-order valence-electron chi connectivity index (χ4n) is 3.71. The molecule has 0 aliphatic carbocycles. The van der Waals surface area contributed by atoms with Crippen molar-refractivity contribution in [3.8, 4) is 23.7 Å². The molecule has 4 aromatic carbocycles. The van der Waals surface area contributed by atoms with Crippen molar-refractivity contribution in [3.63, 3.8) is 0 Å². The van der Waals surface area contributed by atoms with Crippen LogP contribution in [0.4, 0.5) is 0 Å². The Morgan fingerprint density at radius 1 is 0.467 bits per heavy atom. The van der Waals surface area contributed by atoms with Crippen LogP contribution in [0.2, 0.25) is 0 Å². The second kappa shape index (κ2) is 7.67. The summed E-state index contributed by atoms with van der Waals surface area (Å²) in [6.45, 7) is 0. The molecule has 1 heteroatoms. The minimum Gasteiger partial charge on any atom is -0.344 e. The summed E-state index contributed by atoms with van der Waals surface area (Å²) in [6.07, 6.45) is 0. The van der Waals surface area contributed by atoms with E-state index in [1.807, 2.05) is 60.7 Å². The molecule has 0 spiro atoms. The summed E-state index contributed by atoms with van der Waals surface area (Å²) in [5.41, 5.74) is 6.47. The number of nitrogens with zero attached hydrogens (tertiary/aromatic N) is 1. The van der Waals surface area contributed by atoms with Gasteiger partial charge < -0.3 is 4.57 Å². The van der Waals surface area contributed by atoms with Gasteiger partial charge in [-0.2, -0.15) is 0 Å². The van der Waals surface area contributed by atoms with E-state index in [-0.39, 0.29) is 0 Å². The summed E-state index contributed by atoms with van der Waals surface area (Å²) in [5, 5.41) is 2.41. The number of hydrogen-bond acceptors (Lipinski definition) is 0. The maximum absolute atomic E-state index is 3.30. The SMILES string of the molecule is Cn1c2ccc(C#Cc3ccccc3)cc2c2cc(C#Cc3ccccc3)ccc21. The molecule has 0 radical (unpaired) electrons. The molecule has 0 unspecified atom stereocenters. The topological polar surface area (TPSA) is 4.93 Å². The Balaban J connectivity index is 1.59. The molecule has 30 heavy (non-hydrogen) atoms. The molecule has 1 nitrogen and oxygen atoms in total. The van der Waals surface area contributed by atoms with E-state index in [9.17, 15) is 0 Å². The quantitative estimate of drug-likeness (QED) is 0.284. The van der Waals surface area contributed by atoms with Crippen LogP contribution in [-0.2, 0) is 7.05 Å². The van der Waals surface area contributed by atoms with Crippen molar-refractivity contribution < 1.29 is 0 Å². The lowest BCUT2D eigenvalue weighted by atomic mass is 10.1. The molecule has 0 bridgehead atoms. The Morgan fingerprint density at radius 3 is 1.30 bits per heavy atom. The van der Waals surface area contributed by atoms with Gasteiger partial charge in [0, 0.05) is 51.1 Å². The Bertz CT molecular complexity index is 1370. The fraction of sp³-hybridized carbons (Fsp3) is 0.0345. The largest absolute Gasteiger partial charge is 0.344 e. The molecule has 0 aliphatic rings. The Labute approximate surface area is 176 Å². The molecule has 140 valence electrons. The molecule has 0 amide bonds. The first kappa shape index (κ1) is 17.9. The van der Waals surface area contributed by atoms with Crippen LogP contribution in [0.5, 0.6) is 0 Å². The van der Waals surface area contributed by atoms with Gasteiger partial charge in [0.05, 0.1) is 0 Å². The smallest absolute Gasteiger partial charge is 0.0489 e. The van der Waals surface area contributed by atoms with Crippen molar-refractivity contribution in [2.45, 2.75) is 0 Å². The van der Waals surface area contributed by atoms with Gasteiger partial charge in [-0.15, -0.1) is 0 Å². The van der Waals surface area contributed by atoms with Gasteiger partial charge in [-0.1, -0.05) is 60.1 Å². The molecule has 5 aromatic rings. The van der Waals surface area contributed by atoms with Crippen molar-refractivity contribution in [2.75, 3.05) is 0 Å². The van der Waals surface area contributed by atoms with E-state index in [0.29, 0.717) is 0 Å². The van der Waals surface area contributed by atoms with Gasteiger partial charge in [-0.05, 0) is 60.7 Å². The number of rotatable bonds is 0. The fourth-order valence-corrected chi connectivity index (χ4v) is 3.71. The van der Waals surface area contributed by atoms with Crippen LogP contribution in [0.25, 0.3) is 21.8 Å². The van der Waals surface area contributed by atoms with Crippen molar-refractivity contribution in [2.24, 2.45) is 7.05 Å². The molecule has 0 fully saturated rings. The van der Waals surface area contributed by atoms with Crippen LogP contribution in [0.3, 0.4) is 0 Å². The van der Waals surface area contributed by atoms with Gasteiger partial charge in [-0.3, -0.25) is 0 Å². The maximum Gasteiger partial charge on any atom is 0.0489 e. The zero-order valence-electron chi connectivity index (χ0n) is 16.7. The van der Waals surface area contributed by atoms with Crippen molar-refractivity contribution in [1.82, 2.24) is 4.57 Å². The number of aromatic nitrogens is 1. The third-order valence-corrected chi connectivity index (χ3v) is 5.26. The predicted molar refractivity (Wildman–Crippen MR) is 125 cm³/mol. The lowest BCUT2D eigenvalue weighted by Gasteiger charge is -1.97. The van der Waals surface area contributed by atoms with Gasteiger partial charge in [0.2, 0.25) is 0 Å². The van der Waals surface area contributed by atoms with Gasteiger partial charge in [-0.25, -0.2) is 0 Å². The molecular weight excluding hydrogens is 362 g/mol. The minimum atomic E-state index is 1.01. The Kier molecular flexibility index (Phi) is 4.57. The third kappa shape index (κ3) is 3.46. The standard InChI is InChI=1S/C29H19N/c1-30-28-18-16-24(14-12-22-8-4-2-5-9-22)20-26(28)27-21-25(17-19-29(27)30)15-13-23-10-6-3-7-11-23/h2-11,16-21H,1H3. The van der Waals surface area contributed by atoms with E-state index >= 15 is 0 Å². The van der Waals surface area contributed by atoms with Gasteiger partial charge in [0.25, 0.3) is 0 Å². The van der Waals surface area contributed by atoms with Crippen molar-refractivity contribution in [3.05, 3.63) is 119 Å². The lowest BCUT2D eigenvalue weighted by Crippen LogP contribution is -1.86. The average molecular weight is 381 g/mol. The zero-order chi connectivity index (χ0) is 20.3. The third-order valence-electron chi connectivity index (χ3n) is 5.26. The normalized spacial score (nSPS) is 10.3. The molecular formula is C29H19N. The monoisotopic (exact) mass is 381 g/mol. The second-order valence-corrected chi connectivity index (χ2v) is 7.25. The summed E-state index contributed by atoms with van der Waals surface area (Å²) in [4.78, 5) is 0. The zero-order valence-corrected chi connectivity index (χ0v) is 16.7. The van der Waals surface area contributed by atoms with E-state index in [1.54, 1.807) is 0 Å². The number of hydrogen-bond donors (Lipinski definition) is 0. The van der Waals surface area contributed by atoms with Crippen LogP contribution in [0.1, 0.15) is 22.3 Å². The van der Waals surface area contributed by atoms with E-state index in [0.717, 1.165) is 22.3 Å². The summed E-state index contributed by atoms with van der Waals surface area (Å²) in [6, 6.07) is 33.0. The first-order valence-corrected chi connectivity index (χ1v) is 9.94. The first-order chi connectivity index (χ1) is 14.8. The molecule has 1 heterocycles. The molecule has 0 saturated carbocycles. The summed E-state index contributed by atoms with van der Waals surface area (Å²) >= 11 is 0. The first-order valence-electron chi connectivity index (χ1n) is 9.94. The van der Waals surface area contributed by atoms with Gasteiger partial charge >= 0.3 is 0 Å². The predicted octanol–water partition coefficient (Wildman–Crippen LogP) is 6.13. The van der Waals surface area contributed by atoms with Crippen LogP contribution in [0.15, 0.2) is 97.1 Å². The van der Waals surface area contributed by atoms with Crippen LogP contribution in [-0.4, -0.2) is 4.57 Å². The summed E-state index contributed by atoms with van der Waals surface area (Å²) in [5.74, 6) is 13.1. The lowest BCUT2D eigenvalue weighted by molar-refractivity contribution is 1.01. The Morgan fingerprint density at radius 2 is 0.867 bits per heavy atom. The molecule has 0 atom stereocenters. The number of benzene rings is 4. The van der Waals surface area contributed by atoms with E-state index in [4.69, 9.17) is 0 Å². The highest BCUT2D eigenvalue weighted by Gasteiger charge is 2.09. The van der Waals surface area contributed by atoms with Crippen molar-refractivity contribution >= 4 is 21.8 Å². The van der Waals surface area contributed by atoms with Gasteiger partial charge in [0.1, 0.15) is 0 Å². The molecule has 5 rings (SSSR count). The highest BCUT2D eigenvalue weighted by molar-refractivity contribution is 6.08. The van der Waals surface area contributed by atoms with Crippen LogP contribution >= 0.6 is 0 Å². The van der Waals surface area contributed by atoms with Gasteiger partial charge in [0.15, 0.2) is 0 Å². The van der Waals surface area contributed by atoms with E-state index in [2.05, 4.69) is 71.7 Å². The van der Waals surface area contributed by atoms with E-state index in [1.165, 1.54) is 21.8 Å². The molecule has 0 aliphatic heterocycles. The van der Waals surface area contributed by atoms with Crippen LogP contribution in [0, 0.1) is 23.7 Å². The minimum absolute atomic E-state index is 1.01. The maximum atomic E-state index is 3.30. The summed E-state index contributed by atoms with van der Waals surface area (Å²) in [7, 11) is 2.11. The van der Waals surface area contributed by atoms with E-state index < -0.39 is 0 Å². The average Bonchev–Trinajstić information content (AvgIpc) is 3.09. The molecule has 1 aromatic heterocycles. The Hall–Kier alpha value is -4.20. The number of aryl methyl sites for hydroxylation is 1. The van der Waals surface area contributed by atoms with Crippen LogP contribution < -0.4 is 0 Å². The summed E-state index contributed by atoms with van der Waals surface area (Å²) < 4.78 is 2.23. The number of fused-ring (bicyclic) bond motifs is 3. The highest BCUT2D eigenvalue weighted by Crippen LogP contribution is 2.29. The van der Waals surface area contributed by atoms with Crippen molar-refractivity contribution in [1.29, 1.82) is 0 Å². The highest BCUT2D eigenvalue weighted by atomic mass is 14.9. The molecule has 0 saturated heterocycles.